The molecule has 1 heterocycles. The number of aromatic nitrogens is 2. The standard InChI is InChI=1S/C5H6N4/c1-7-4-2-3-8-9-5(4)6/h2-3H,1H2,(H2,6,9). The van der Waals surface area contributed by atoms with Crippen molar-refractivity contribution in [1.29, 1.82) is 0 Å². The van der Waals surface area contributed by atoms with Crippen molar-refractivity contribution in [2.24, 2.45) is 4.99 Å². The zero-order valence-electron chi connectivity index (χ0n) is 4.78. The molecule has 0 unspecified atom stereocenters. The molecule has 4 heteroatoms. The Morgan fingerprint density at radius 3 is 2.89 bits per heavy atom. The van der Waals surface area contributed by atoms with Crippen molar-refractivity contribution < 1.29 is 0 Å². The first-order chi connectivity index (χ1) is 4.34. The Balaban J connectivity index is 3.15. The van der Waals surface area contributed by atoms with Crippen molar-refractivity contribution in [3.05, 3.63) is 12.3 Å². The first-order valence-electron chi connectivity index (χ1n) is 2.38. The van der Waals surface area contributed by atoms with Crippen molar-refractivity contribution in [3.8, 4) is 0 Å². The average Bonchev–Trinajstić information content (AvgIpc) is 1.89. The molecule has 0 fully saturated rings. The van der Waals surface area contributed by atoms with E-state index in [4.69, 9.17) is 5.73 Å². The molecule has 0 aliphatic carbocycles. The van der Waals surface area contributed by atoms with E-state index in [0.717, 1.165) is 0 Å². The predicted octanol–water partition coefficient (Wildman–Crippen LogP) is 0.391. The molecule has 0 saturated carbocycles. The fourth-order valence-electron chi connectivity index (χ4n) is 0.470. The highest BCUT2D eigenvalue weighted by atomic mass is 15.1. The number of nitrogens with zero attached hydrogens (tertiary/aromatic N) is 3. The minimum atomic E-state index is 0.313. The Labute approximate surface area is 52.4 Å². The van der Waals surface area contributed by atoms with Gasteiger partial charge in [0.05, 0.1) is 6.20 Å². The lowest BCUT2D eigenvalue weighted by molar-refractivity contribution is 1.04. The third kappa shape index (κ3) is 1.02. The van der Waals surface area contributed by atoms with Crippen molar-refractivity contribution in [2.75, 3.05) is 5.73 Å². The van der Waals surface area contributed by atoms with Gasteiger partial charge in [-0.05, 0) is 12.8 Å². The lowest BCUT2D eigenvalue weighted by Crippen LogP contribution is -1.90. The van der Waals surface area contributed by atoms with Crippen LogP contribution in [0.2, 0.25) is 0 Å². The van der Waals surface area contributed by atoms with Gasteiger partial charge in [-0.3, -0.25) is 4.99 Å². The highest BCUT2D eigenvalue weighted by Gasteiger charge is 1.92. The maximum absolute atomic E-state index is 5.32. The molecule has 0 amide bonds. The molecule has 0 aliphatic rings. The molecule has 4 nitrogen and oxygen atoms in total. The summed E-state index contributed by atoms with van der Waals surface area (Å²) in [4.78, 5) is 3.59. The molecule has 1 aromatic rings. The Morgan fingerprint density at radius 2 is 2.44 bits per heavy atom. The van der Waals surface area contributed by atoms with Crippen LogP contribution in [0.3, 0.4) is 0 Å². The summed E-state index contributed by atoms with van der Waals surface area (Å²) in [6.45, 7) is 3.29. The van der Waals surface area contributed by atoms with Gasteiger partial charge >= 0.3 is 0 Å². The van der Waals surface area contributed by atoms with Crippen LogP contribution in [0.15, 0.2) is 17.3 Å². The molecule has 0 saturated heterocycles. The lowest BCUT2D eigenvalue weighted by Gasteiger charge is -1.92. The minimum Gasteiger partial charge on any atom is -0.380 e. The summed E-state index contributed by atoms with van der Waals surface area (Å²) in [6.07, 6.45) is 1.51. The van der Waals surface area contributed by atoms with Crippen LogP contribution in [-0.4, -0.2) is 16.9 Å². The molecule has 0 aliphatic heterocycles. The van der Waals surface area contributed by atoms with Crippen LogP contribution in [0.5, 0.6) is 0 Å². The van der Waals surface area contributed by atoms with Crippen LogP contribution in [0.25, 0.3) is 0 Å². The molecular weight excluding hydrogens is 116 g/mol. The molecule has 1 rings (SSSR count). The van der Waals surface area contributed by atoms with Gasteiger partial charge in [0, 0.05) is 0 Å². The van der Waals surface area contributed by atoms with Gasteiger partial charge in [-0.15, -0.1) is 5.10 Å². The molecule has 0 bridgehead atoms. The number of aliphatic imine (C=N–C) groups is 1. The zero-order chi connectivity index (χ0) is 6.69. The third-order valence-corrected chi connectivity index (χ3v) is 0.897. The Morgan fingerprint density at radius 1 is 1.67 bits per heavy atom. The SMILES string of the molecule is C=Nc1ccnnc1N. The van der Waals surface area contributed by atoms with E-state index in [0.29, 0.717) is 11.5 Å². The topological polar surface area (TPSA) is 64.2 Å². The van der Waals surface area contributed by atoms with Gasteiger partial charge in [0.2, 0.25) is 0 Å². The fraction of sp³-hybridized carbons (Fsp3) is 0. The monoisotopic (exact) mass is 122 g/mol. The second-order valence-electron chi connectivity index (χ2n) is 1.46. The highest BCUT2D eigenvalue weighted by Crippen LogP contribution is 2.14. The first kappa shape index (κ1) is 5.68. The minimum absolute atomic E-state index is 0.313. The summed E-state index contributed by atoms with van der Waals surface area (Å²) in [5, 5.41) is 7.07. The number of hydrogen-bond acceptors (Lipinski definition) is 4. The van der Waals surface area contributed by atoms with Crippen LogP contribution >= 0.6 is 0 Å². The van der Waals surface area contributed by atoms with Gasteiger partial charge in [-0.1, -0.05) is 0 Å². The first-order valence-corrected chi connectivity index (χ1v) is 2.38. The van der Waals surface area contributed by atoms with Crippen LogP contribution in [-0.2, 0) is 0 Å². The molecule has 2 N–H and O–H groups in total. The maximum Gasteiger partial charge on any atom is 0.172 e. The van der Waals surface area contributed by atoms with Crippen LogP contribution in [0.4, 0.5) is 11.5 Å². The van der Waals surface area contributed by atoms with Crippen LogP contribution in [0.1, 0.15) is 0 Å². The average molecular weight is 122 g/mol. The summed E-state index contributed by atoms with van der Waals surface area (Å²) in [7, 11) is 0. The van der Waals surface area contributed by atoms with E-state index in [-0.39, 0.29) is 0 Å². The molecule has 46 valence electrons. The van der Waals surface area contributed by atoms with Crippen LogP contribution < -0.4 is 5.73 Å². The highest BCUT2D eigenvalue weighted by molar-refractivity contribution is 5.58. The number of rotatable bonds is 1. The van der Waals surface area contributed by atoms with E-state index in [1.807, 2.05) is 0 Å². The van der Waals surface area contributed by atoms with E-state index in [1.165, 1.54) is 6.20 Å². The van der Waals surface area contributed by atoms with E-state index in [9.17, 15) is 0 Å². The van der Waals surface area contributed by atoms with Gasteiger partial charge in [-0.25, -0.2) is 0 Å². The molecule has 1 aromatic heterocycles. The predicted molar refractivity (Wildman–Crippen MR) is 35.7 cm³/mol. The molecular formula is C5H6N4. The summed E-state index contributed by atoms with van der Waals surface area (Å²) >= 11 is 0. The normalized spacial score (nSPS) is 8.89. The van der Waals surface area contributed by atoms with Gasteiger partial charge in [0.25, 0.3) is 0 Å². The smallest absolute Gasteiger partial charge is 0.172 e. The van der Waals surface area contributed by atoms with Crippen molar-refractivity contribution in [3.63, 3.8) is 0 Å². The summed E-state index contributed by atoms with van der Waals surface area (Å²) < 4.78 is 0. The Bertz CT molecular complexity index is 220. The zero-order valence-corrected chi connectivity index (χ0v) is 4.78. The summed E-state index contributed by atoms with van der Waals surface area (Å²) in [6, 6.07) is 1.65. The van der Waals surface area contributed by atoms with E-state index in [2.05, 4.69) is 21.9 Å². The largest absolute Gasteiger partial charge is 0.380 e. The number of nitrogens with two attached hydrogens (primary N) is 1. The van der Waals surface area contributed by atoms with Gasteiger partial charge in [0.15, 0.2) is 5.82 Å². The quantitative estimate of drug-likeness (QED) is 0.548. The summed E-state index contributed by atoms with van der Waals surface area (Å²) in [5.74, 6) is 0.313. The Hall–Kier alpha value is -1.45. The molecule has 0 radical (unpaired) electrons. The molecule has 0 aromatic carbocycles. The van der Waals surface area contributed by atoms with Crippen molar-refractivity contribution >= 4 is 18.2 Å². The maximum atomic E-state index is 5.32. The molecule has 9 heavy (non-hydrogen) atoms. The number of nitrogen functional groups attached to an aromatic ring is 1. The van der Waals surface area contributed by atoms with Crippen molar-refractivity contribution in [1.82, 2.24) is 10.2 Å². The summed E-state index contributed by atoms with van der Waals surface area (Å²) in [5.41, 5.74) is 5.90. The van der Waals surface area contributed by atoms with E-state index < -0.39 is 0 Å². The molecule has 0 atom stereocenters. The van der Waals surface area contributed by atoms with Crippen LogP contribution in [0, 0.1) is 0 Å². The number of anilines is 1. The van der Waals surface area contributed by atoms with Gasteiger partial charge in [0.1, 0.15) is 5.69 Å². The molecule has 0 spiro atoms. The van der Waals surface area contributed by atoms with Gasteiger partial charge < -0.3 is 5.73 Å². The second-order valence-corrected chi connectivity index (χ2v) is 1.46. The van der Waals surface area contributed by atoms with E-state index in [1.54, 1.807) is 6.07 Å². The Kier molecular flexibility index (Phi) is 1.40. The second kappa shape index (κ2) is 2.21. The fourth-order valence-corrected chi connectivity index (χ4v) is 0.470. The number of hydrogen-bond donors (Lipinski definition) is 1. The lowest BCUT2D eigenvalue weighted by atomic mass is 10.4. The van der Waals surface area contributed by atoms with E-state index >= 15 is 0 Å². The van der Waals surface area contributed by atoms with Crippen molar-refractivity contribution in [2.45, 2.75) is 0 Å². The van der Waals surface area contributed by atoms with Gasteiger partial charge in [-0.2, -0.15) is 5.10 Å². The third-order valence-electron chi connectivity index (χ3n) is 0.897.